The molecule has 1 aliphatic rings. The molecule has 0 aromatic heterocycles. The van der Waals surface area contributed by atoms with Gasteiger partial charge in [-0.3, -0.25) is 4.90 Å². The average molecular weight is 260 g/mol. The van der Waals surface area contributed by atoms with E-state index in [9.17, 15) is 0 Å². The molecule has 1 aromatic carbocycles. The second kappa shape index (κ2) is 6.06. The summed E-state index contributed by atoms with van der Waals surface area (Å²) >= 11 is 0. The van der Waals surface area contributed by atoms with Crippen LogP contribution in [0.25, 0.3) is 0 Å². The number of hydrogen-bond donors (Lipinski definition) is 1. The highest BCUT2D eigenvalue weighted by Crippen LogP contribution is 2.27. The van der Waals surface area contributed by atoms with E-state index in [4.69, 9.17) is 0 Å². The first-order valence-electron chi connectivity index (χ1n) is 7.55. The minimum Gasteiger partial charge on any atom is -0.308 e. The fourth-order valence-electron chi connectivity index (χ4n) is 2.30. The van der Waals surface area contributed by atoms with Crippen LogP contribution in [0.4, 0.5) is 0 Å². The van der Waals surface area contributed by atoms with Crippen molar-refractivity contribution in [1.82, 2.24) is 10.2 Å². The summed E-state index contributed by atoms with van der Waals surface area (Å²) < 4.78 is 0. The molecule has 0 bridgehead atoms. The highest BCUT2D eigenvalue weighted by atomic mass is 15.2. The summed E-state index contributed by atoms with van der Waals surface area (Å²) in [6.45, 7) is 12.1. The van der Waals surface area contributed by atoms with Crippen molar-refractivity contribution in [3.63, 3.8) is 0 Å². The molecular weight excluding hydrogens is 232 g/mol. The van der Waals surface area contributed by atoms with E-state index < -0.39 is 0 Å². The maximum absolute atomic E-state index is 3.53. The highest BCUT2D eigenvalue weighted by molar-refractivity contribution is 5.22. The Hall–Kier alpha value is -0.860. The Morgan fingerprint density at radius 2 is 1.68 bits per heavy atom. The molecule has 0 saturated heterocycles. The lowest BCUT2D eigenvalue weighted by Gasteiger charge is -2.21. The van der Waals surface area contributed by atoms with Gasteiger partial charge in [-0.2, -0.15) is 0 Å². The fraction of sp³-hybridized carbons (Fsp3) is 0.647. The normalized spacial score (nSPS) is 16.1. The van der Waals surface area contributed by atoms with Crippen LogP contribution < -0.4 is 5.32 Å². The third kappa shape index (κ3) is 4.96. The van der Waals surface area contributed by atoms with E-state index in [1.54, 1.807) is 0 Å². The Labute approximate surface area is 118 Å². The quantitative estimate of drug-likeness (QED) is 0.841. The first-order chi connectivity index (χ1) is 8.98. The molecule has 106 valence electrons. The molecule has 0 radical (unpaired) electrons. The second-order valence-corrected chi connectivity index (χ2v) is 6.71. The van der Waals surface area contributed by atoms with Gasteiger partial charge in [-0.1, -0.05) is 31.2 Å². The summed E-state index contributed by atoms with van der Waals surface area (Å²) in [6.07, 6.45) is 2.78. The Kier molecular flexibility index (Phi) is 4.64. The molecule has 0 atom stereocenters. The predicted molar refractivity (Wildman–Crippen MR) is 82.1 cm³/mol. The van der Waals surface area contributed by atoms with Gasteiger partial charge < -0.3 is 5.32 Å². The van der Waals surface area contributed by atoms with Gasteiger partial charge in [0.05, 0.1) is 0 Å². The third-order valence-electron chi connectivity index (χ3n) is 3.70. The molecule has 2 nitrogen and oxygen atoms in total. The van der Waals surface area contributed by atoms with Gasteiger partial charge in [-0.15, -0.1) is 0 Å². The van der Waals surface area contributed by atoms with Gasteiger partial charge in [-0.05, 0) is 51.3 Å². The Balaban J connectivity index is 1.87. The van der Waals surface area contributed by atoms with E-state index in [0.29, 0.717) is 0 Å². The number of benzene rings is 1. The Bertz CT molecular complexity index is 385. The minimum absolute atomic E-state index is 0.184. The van der Waals surface area contributed by atoms with E-state index in [1.807, 2.05) is 0 Å². The van der Waals surface area contributed by atoms with Crippen LogP contribution in [-0.4, -0.2) is 23.0 Å². The van der Waals surface area contributed by atoms with Gasteiger partial charge in [0.15, 0.2) is 0 Å². The fourth-order valence-corrected chi connectivity index (χ4v) is 2.30. The molecule has 1 aromatic rings. The molecule has 0 unspecified atom stereocenters. The highest BCUT2D eigenvalue weighted by Gasteiger charge is 2.27. The van der Waals surface area contributed by atoms with Crippen molar-refractivity contribution < 1.29 is 0 Å². The average Bonchev–Trinajstić information content (AvgIpc) is 3.18. The Morgan fingerprint density at radius 3 is 2.16 bits per heavy atom. The van der Waals surface area contributed by atoms with Gasteiger partial charge in [0, 0.05) is 24.7 Å². The largest absolute Gasteiger partial charge is 0.308 e. The molecule has 1 fully saturated rings. The second-order valence-electron chi connectivity index (χ2n) is 6.71. The first kappa shape index (κ1) is 14.5. The zero-order valence-corrected chi connectivity index (χ0v) is 12.9. The lowest BCUT2D eigenvalue weighted by molar-refractivity contribution is 0.269. The van der Waals surface area contributed by atoms with Crippen molar-refractivity contribution in [2.75, 3.05) is 6.54 Å². The zero-order chi connectivity index (χ0) is 13.9. The summed E-state index contributed by atoms with van der Waals surface area (Å²) in [4.78, 5) is 2.59. The molecule has 0 aliphatic heterocycles. The smallest absolute Gasteiger partial charge is 0.0236 e. The standard InChI is InChI=1S/C17H28N2/c1-5-19(16-10-11-16)13-15-8-6-14(7-9-15)12-18-17(2,3)4/h6-9,16,18H,5,10-13H2,1-4H3. The van der Waals surface area contributed by atoms with Crippen LogP contribution in [-0.2, 0) is 13.1 Å². The summed E-state index contributed by atoms with van der Waals surface area (Å²) in [5.74, 6) is 0. The van der Waals surface area contributed by atoms with Crippen molar-refractivity contribution in [2.24, 2.45) is 0 Å². The van der Waals surface area contributed by atoms with Crippen molar-refractivity contribution in [1.29, 1.82) is 0 Å². The first-order valence-corrected chi connectivity index (χ1v) is 7.55. The summed E-state index contributed by atoms with van der Waals surface area (Å²) in [6, 6.07) is 9.94. The van der Waals surface area contributed by atoms with Gasteiger partial charge in [0.25, 0.3) is 0 Å². The number of nitrogens with zero attached hydrogens (tertiary/aromatic N) is 1. The predicted octanol–water partition coefficient (Wildman–Crippen LogP) is 3.56. The lowest BCUT2D eigenvalue weighted by atomic mass is 10.1. The van der Waals surface area contributed by atoms with E-state index in [2.05, 4.69) is 62.2 Å². The summed E-state index contributed by atoms with van der Waals surface area (Å²) in [5.41, 5.74) is 2.99. The molecule has 2 heteroatoms. The molecule has 0 heterocycles. The summed E-state index contributed by atoms with van der Waals surface area (Å²) in [7, 11) is 0. The maximum atomic E-state index is 3.53. The van der Waals surface area contributed by atoms with Crippen LogP contribution in [0.1, 0.15) is 51.7 Å². The zero-order valence-electron chi connectivity index (χ0n) is 12.9. The van der Waals surface area contributed by atoms with E-state index >= 15 is 0 Å². The number of nitrogens with one attached hydrogen (secondary N) is 1. The van der Waals surface area contributed by atoms with Crippen LogP contribution in [0.15, 0.2) is 24.3 Å². The monoisotopic (exact) mass is 260 g/mol. The number of rotatable bonds is 6. The van der Waals surface area contributed by atoms with Crippen LogP contribution in [0.3, 0.4) is 0 Å². The molecule has 0 spiro atoms. The van der Waals surface area contributed by atoms with Crippen molar-refractivity contribution >= 4 is 0 Å². The molecule has 0 amide bonds. The van der Waals surface area contributed by atoms with E-state index in [1.165, 1.54) is 24.0 Å². The molecular formula is C17H28N2. The minimum atomic E-state index is 0.184. The van der Waals surface area contributed by atoms with Gasteiger partial charge in [0.2, 0.25) is 0 Å². The lowest BCUT2D eigenvalue weighted by Crippen LogP contribution is -2.35. The Morgan fingerprint density at radius 1 is 1.11 bits per heavy atom. The van der Waals surface area contributed by atoms with Crippen LogP contribution in [0, 0.1) is 0 Å². The van der Waals surface area contributed by atoms with Crippen LogP contribution in [0.5, 0.6) is 0 Å². The van der Waals surface area contributed by atoms with Crippen LogP contribution >= 0.6 is 0 Å². The molecule has 2 rings (SSSR count). The van der Waals surface area contributed by atoms with Crippen molar-refractivity contribution in [3.8, 4) is 0 Å². The van der Waals surface area contributed by atoms with E-state index in [-0.39, 0.29) is 5.54 Å². The van der Waals surface area contributed by atoms with Crippen LogP contribution in [0.2, 0.25) is 0 Å². The molecule has 1 saturated carbocycles. The molecule has 19 heavy (non-hydrogen) atoms. The van der Waals surface area contributed by atoms with Crippen molar-refractivity contribution in [2.45, 2.75) is 65.2 Å². The van der Waals surface area contributed by atoms with E-state index in [0.717, 1.165) is 25.7 Å². The van der Waals surface area contributed by atoms with Gasteiger partial charge >= 0.3 is 0 Å². The number of hydrogen-bond acceptors (Lipinski definition) is 2. The van der Waals surface area contributed by atoms with Gasteiger partial charge in [0.1, 0.15) is 0 Å². The maximum Gasteiger partial charge on any atom is 0.0236 e. The SMILES string of the molecule is CCN(Cc1ccc(CNC(C)(C)C)cc1)C1CC1. The van der Waals surface area contributed by atoms with Crippen molar-refractivity contribution in [3.05, 3.63) is 35.4 Å². The summed E-state index contributed by atoms with van der Waals surface area (Å²) in [5, 5.41) is 3.53. The third-order valence-corrected chi connectivity index (χ3v) is 3.70. The molecule has 1 N–H and O–H groups in total. The topological polar surface area (TPSA) is 15.3 Å². The molecule has 1 aliphatic carbocycles. The van der Waals surface area contributed by atoms with Gasteiger partial charge in [-0.25, -0.2) is 0 Å².